The molecule has 0 spiro atoms. The maximum atomic E-state index is 13.1. The van der Waals surface area contributed by atoms with Crippen molar-refractivity contribution in [3.63, 3.8) is 0 Å². The van der Waals surface area contributed by atoms with Crippen LogP contribution < -0.4 is 26.6 Å². The minimum atomic E-state index is -0.793. The molecule has 0 unspecified atom stereocenters. The molecule has 1 amide bonds. The van der Waals surface area contributed by atoms with E-state index in [1.165, 1.54) is 4.57 Å². The molecule has 0 aliphatic heterocycles. The first-order valence-electron chi connectivity index (χ1n) is 11.6. The van der Waals surface area contributed by atoms with Crippen molar-refractivity contribution in [3.05, 3.63) is 87.1 Å². The Morgan fingerprint density at radius 3 is 2.31 bits per heavy atom. The fourth-order valence-corrected chi connectivity index (χ4v) is 3.51. The lowest BCUT2D eigenvalue weighted by atomic mass is 10.2. The van der Waals surface area contributed by atoms with Gasteiger partial charge in [0.2, 0.25) is 0 Å². The van der Waals surface area contributed by atoms with Gasteiger partial charge in [0.05, 0.1) is 19.6 Å². The molecule has 0 bridgehead atoms. The van der Waals surface area contributed by atoms with Crippen LogP contribution in [0, 0.1) is 5.92 Å². The predicted octanol–water partition coefficient (Wildman–Crippen LogP) is 2.17. The molecule has 0 radical (unpaired) electrons. The number of nitrogen functional groups attached to an aromatic ring is 1. The van der Waals surface area contributed by atoms with Gasteiger partial charge in [0, 0.05) is 6.54 Å². The number of aromatic amines is 1. The Morgan fingerprint density at radius 2 is 1.67 bits per heavy atom. The molecule has 0 saturated carbocycles. The molecule has 190 valence electrons. The van der Waals surface area contributed by atoms with Crippen molar-refractivity contribution in [1.29, 1.82) is 0 Å². The highest BCUT2D eigenvalue weighted by Crippen LogP contribution is 2.19. The summed E-state index contributed by atoms with van der Waals surface area (Å²) >= 11 is 0. The van der Waals surface area contributed by atoms with Gasteiger partial charge >= 0.3 is 11.7 Å². The van der Waals surface area contributed by atoms with E-state index in [0.29, 0.717) is 5.75 Å². The average molecular weight is 495 g/mol. The van der Waals surface area contributed by atoms with Crippen molar-refractivity contribution in [2.75, 3.05) is 30.4 Å². The summed E-state index contributed by atoms with van der Waals surface area (Å²) in [4.78, 5) is 53.8. The molecular weight excluding hydrogens is 464 g/mol. The van der Waals surface area contributed by atoms with Crippen molar-refractivity contribution in [2.45, 2.75) is 26.8 Å². The number of nitrogens with one attached hydrogen (secondary N) is 1. The van der Waals surface area contributed by atoms with Gasteiger partial charge in [-0.05, 0) is 23.6 Å². The number of hydrogen-bond donors (Lipinski definition) is 2. The zero-order valence-corrected chi connectivity index (χ0v) is 20.3. The van der Waals surface area contributed by atoms with Crippen LogP contribution in [0.5, 0.6) is 5.75 Å². The van der Waals surface area contributed by atoms with E-state index in [9.17, 15) is 19.2 Å². The van der Waals surface area contributed by atoms with Crippen LogP contribution in [0.4, 0.5) is 11.5 Å². The maximum Gasteiger partial charge on any atom is 0.330 e. The number of H-pyrrole nitrogens is 1. The van der Waals surface area contributed by atoms with Gasteiger partial charge < -0.3 is 20.1 Å². The smallest absolute Gasteiger partial charge is 0.330 e. The molecule has 3 N–H and O–H groups in total. The van der Waals surface area contributed by atoms with Crippen molar-refractivity contribution in [1.82, 2.24) is 9.55 Å². The summed E-state index contributed by atoms with van der Waals surface area (Å²) in [6, 6.07) is 18.1. The van der Waals surface area contributed by atoms with Crippen LogP contribution in [-0.2, 0) is 20.9 Å². The van der Waals surface area contributed by atoms with Crippen LogP contribution in [0.1, 0.15) is 25.8 Å². The Bertz CT molecular complexity index is 1290. The lowest BCUT2D eigenvalue weighted by molar-refractivity contribution is -0.148. The highest BCUT2D eigenvalue weighted by Gasteiger charge is 2.26. The molecule has 1 heterocycles. The van der Waals surface area contributed by atoms with Crippen molar-refractivity contribution < 1.29 is 19.1 Å². The van der Waals surface area contributed by atoms with Crippen LogP contribution in [0.25, 0.3) is 0 Å². The van der Waals surface area contributed by atoms with E-state index in [0.717, 1.165) is 10.5 Å². The minimum absolute atomic E-state index is 0.0442. The average Bonchev–Trinajstić information content (AvgIpc) is 2.85. The normalized spacial score (nSPS) is 10.8. The lowest BCUT2D eigenvalue weighted by Gasteiger charge is -2.26. The van der Waals surface area contributed by atoms with Gasteiger partial charge in [0.15, 0.2) is 12.3 Å². The van der Waals surface area contributed by atoms with Crippen LogP contribution in [0.2, 0.25) is 0 Å². The van der Waals surface area contributed by atoms with Gasteiger partial charge in [-0.25, -0.2) is 4.79 Å². The number of carbonyl (C=O) groups excluding carboxylic acids is 2. The number of nitrogens with zero attached hydrogens (tertiary/aromatic N) is 2. The first-order chi connectivity index (χ1) is 17.3. The Kier molecular flexibility index (Phi) is 9.04. The summed E-state index contributed by atoms with van der Waals surface area (Å²) in [5, 5.41) is 0. The second-order valence-electron chi connectivity index (χ2n) is 8.54. The lowest BCUT2D eigenvalue weighted by Crippen LogP contribution is -2.44. The second-order valence-corrected chi connectivity index (χ2v) is 8.54. The maximum absolute atomic E-state index is 13.1. The third-order valence-electron chi connectivity index (χ3n) is 5.19. The zero-order valence-electron chi connectivity index (χ0n) is 20.3. The second kappa shape index (κ2) is 12.4. The number of ether oxygens (including phenoxy) is 2. The van der Waals surface area contributed by atoms with E-state index in [2.05, 4.69) is 4.98 Å². The molecule has 10 nitrogen and oxygen atoms in total. The number of aromatic nitrogens is 2. The number of anilines is 2. The van der Waals surface area contributed by atoms with Crippen LogP contribution in [-0.4, -0.2) is 41.2 Å². The topological polar surface area (TPSA) is 137 Å². The fraction of sp³-hybridized carbons (Fsp3) is 0.308. The number of benzene rings is 2. The molecule has 36 heavy (non-hydrogen) atoms. The number of hydrogen-bond acceptors (Lipinski definition) is 7. The summed E-state index contributed by atoms with van der Waals surface area (Å²) in [6.07, 6.45) is -0.0585. The third kappa shape index (κ3) is 7.08. The van der Waals surface area contributed by atoms with Gasteiger partial charge in [-0.2, -0.15) is 0 Å². The van der Waals surface area contributed by atoms with E-state index < -0.39 is 29.7 Å². The molecule has 0 aliphatic rings. The standard InChI is InChI=1S/C26H30N4O6/c1-18(2)15-29(21(31)17-36-22(32)13-14-35-20-11-7-4-8-12-20)23-24(27)30(26(34)28-25(23)33)16-19-9-5-3-6-10-19/h3-12,18H,13-17,27H2,1-2H3,(H,28,33,34). The van der Waals surface area contributed by atoms with Crippen molar-refractivity contribution >= 4 is 23.4 Å². The molecule has 2 aromatic carbocycles. The van der Waals surface area contributed by atoms with Crippen molar-refractivity contribution in [3.8, 4) is 5.75 Å². The molecular formula is C26H30N4O6. The summed E-state index contributed by atoms with van der Waals surface area (Å²) in [7, 11) is 0. The summed E-state index contributed by atoms with van der Waals surface area (Å²) < 4.78 is 11.8. The van der Waals surface area contributed by atoms with Crippen LogP contribution in [0.3, 0.4) is 0 Å². The quantitative estimate of drug-likeness (QED) is 0.390. The monoisotopic (exact) mass is 494 g/mol. The molecule has 3 rings (SSSR count). The Hall–Kier alpha value is -4.34. The predicted molar refractivity (Wildman–Crippen MR) is 136 cm³/mol. The first kappa shape index (κ1) is 26.3. The summed E-state index contributed by atoms with van der Waals surface area (Å²) in [5.41, 5.74) is 5.40. The Labute approximate surface area is 208 Å². The fourth-order valence-electron chi connectivity index (χ4n) is 3.51. The molecule has 0 aliphatic carbocycles. The number of esters is 1. The minimum Gasteiger partial charge on any atom is -0.493 e. The van der Waals surface area contributed by atoms with Gasteiger partial charge in [-0.15, -0.1) is 0 Å². The number of para-hydroxylation sites is 1. The Balaban J connectivity index is 1.74. The van der Waals surface area contributed by atoms with E-state index >= 15 is 0 Å². The van der Waals surface area contributed by atoms with Crippen LogP contribution >= 0.6 is 0 Å². The SMILES string of the molecule is CC(C)CN(C(=O)COC(=O)CCOc1ccccc1)c1c(N)n(Cc2ccccc2)c(=O)[nH]c1=O. The van der Waals surface area contributed by atoms with Crippen LogP contribution in [0.15, 0.2) is 70.3 Å². The van der Waals surface area contributed by atoms with E-state index in [-0.39, 0.29) is 43.5 Å². The van der Waals surface area contributed by atoms with Crippen molar-refractivity contribution in [2.24, 2.45) is 5.92 Å². The number of carbonyl (C=O) groups is 2. The number of nitrogens with two attached hydrogens (primary N) is 1. The van der Waals surface area contributed by atoms with Gasteiger partial charge in [0.25, 0.3) is 11.5 Å². The Morgan fingerprint density at radius 1 is 1.03 bits per heavy atom. The molecule has 10 heteroatoms. The number of rotatable bonds is 11. The van der Waals surface area contributed by atoms with Gasteiger partial charge in [-0.1, -0.05) is 62.4 Å². The highest BCUT2D eigenvalue weighted by molar-refractivity contribution is 5.97. The molecule has 0 atom stereocenters. The van der Waals surface area contributed by atoms with E-state index in [1.54, 1.807) is 12.1 Å². The highest BCUT2D eigenvalue weighted by atomic mass is 16.5. The zero-order chi connectivity index (χ0) is 26.1. The van der Waals surface area contributed by atoms with Gasteiger partial charge in [0.1, 0.15) is 11.6 Å². The van der Waals surface area contributed by atoms with E-state index in [1.807, 2.05) is 62.4 Å². The molecule has 0 fully saturated rings. The largest absolute Gasteiger partial charge is 0.493 e. The first-order valence-corrected chi connectivity index (χ1v) is 11.6. The summed E-state index contributed by atoms with van der Waals surface area (Å²) in [5.74, 6) is -0.839. The molecule has 0 saturated heterocycles. The molecule has 3 aromatic rings. The van der Waals surface area contributed by atoms with Gasteiger partial charge in [-0.3, -0.25) is 23.9 Å². The number of amides is 1. The molecule has 1 aromatic heterocycles. The van der Waals surface area contributed by atoms with E-state index in [4.69, 9.17) is 15.2 Å². The third-order valence-corrected chi connectivity index (χ3v) is 5.19. The summed E-state index contributed by atoms with van der Waals surface area (Å²) in [6.45, 7) is 3.45.